The topological polar surface area (TPSA) is 15.3 Å². The molecule has 0 bridgehead atoms. The van der Waals surface area contributed by atoms with Crippen molar-refractivity contribution in [2.24, 2.45) is 0 Å². The summed E-state index contributed by atoms with van der Waals surface area (Å²) in [6.45, 7) is 13.8. The molecule has 2 nitrogen and oxygen atoms in total. The van der Waals surface area contributed by atoms with Crippen molar-refractivity contribution in [2.45, 2.75) is 40.7 Å². The molecular formula is C10H26N2. The second kappa shape index (κ2) is 10.9. The molecule has 1 rings (SSSR count). The molecule has 0 aromatic heterocycles. The van der Waals surface area contributed by atoms with Crippen LogP contribution in [0.2, 0.25) is 0 Å². The van der Waals surface area contributed by atoms with Gasteiger partial charge in [0.05, 0.1) is 0 Å². The predicted molar refractivity (Wildman–Crippen MR) is 57.7 cm³/mol. The molecule has 0 aliphatic carbocycles. The Kier molecular flexibility index (Phi) is 13.1. The van der Waals surface area contributed by atoms with E-state index in [-0.39, 0.29) is 0 Å². The molecule has 1 unspecified atom stereocenters. The number of rotatable bonds is 0. The van der Waals surface area contributed by atoms with Crippen LogP contribution in [0.3, 0.4) is 0 Å². The molecule has 1 fully saturated rings. The monoisotopic (exact) mass is 174 g/mol. The molecule has 0 aromatic rings. The molecule has 0 spiro atoms. The molecule has 1 aliphatic rings. The van der Waals surface area contributed by atoms with Gasteiger partial charge in [0, 0.05) is 25.7 Å². The van der Waals surface area contributed by atoms with Gasteiger partial charge in [-0.2, -0.15) is 0 Å². The molecule has 0 aromatic carbocycles. The molecular weight excluding hydrogens is 148 g/mol. The lowest BCUT2D eigenvalue weighted by molar-refractivity contribution is 0.248. The minimum absolute atomic E-state index is 0.689. The van der Waals surface area contributed by atoms with Crippen LogP contribution >= 0.6 is 0 Å². The molecule has 12 heavy (non-hydrogen) atoms. The summed E-state index contributed by atoms with van der Waals surface area (Å²) >= 11 is 0. The number of hydrogen-bond acceptors (Lipinski definition) is 2. The Labute approximate surface area is 78.3 Å². The Balaban J connectivity index is 0. The zero-order valence-corrected chi connectivity index (χ0v) is 9.65. The summed E-state index contributed by atoms with van der Waals surface area (Å²) in [6.07, 6.45) is 0. The number of piperazine rings is 1. The zero-order valence-electron chi connectivity index (χ0n) is 9.65. The minimum atomic E-state index is 0.689. The van der Waals surface area contributed by atoms with Gasteiger partial charge in [-0.1, -0.05) is 27.7 Å². The summed E-state index contributed by atoms with van der Waals surface area (Å²) in [6, 6.07) is 0.689. The number of hydrogen-bond donors (Lipinski definition) is 1. The van der Waals surface area contributed by atoms with Crippen molar-refractivity contribution in [2.75, 3.05) is 26.7 Å². The van der Waals surface area contributed by atoms with Crippen molar-refractivity contribution in [3.8, 4) is 0 Å². The Hall–Kier alpha value is -0.0800. The van der Waals surface area contributed by atoms with E-state index < -0.39 is 0 Å². The summed E-state index contributed by atoms with van der Waals surface area (Å²) in [5.74, 6) is 0. The molecule has 0 radical (unpaired) electrons. The highest BCUT2D eigenvalue weighted by atomic mass is 15.2. The first-order valence-corrected chi connectivity index (χ1v) is 5.21. The van der Waals surface area contributed by atoms with Crippen LogP contribution in [0, 0.1) is 0 Å². The van der Waals surface area contributed by atoms with Gasteiger partial charge < -0.3 is 10.2 Å². The van der Waals surface area contributed by atoms with E-state index in [1.165, 1.54) is 13.1 Å². The largest absolute Gasteiger partial charge is 0.312 e. The summed E-state index contributed by atoms with van der Waals surface area (Å²) in [5, 5.41) is 3.37. The van der Waals surface area contributed by atoms with Crippen LogP contribution in [0.4, 0.5) is 0 Å². The average molecular weight is 174 g/mol. The van der Waals surface area contributed by atoms with E-state index in [9.17, 15) is 0 Å². The van der Waals surface area contributed by atoms with Gasteiger partial charge in [0.2, 0.25) is 0 Å². The van der Waals surface area contributed by atoms with Crippen molar-refractivity contribution >= 4 is 0 Å². The minimum Gasteiger partial charge on any atom is -0.312 e. The lowest BCUT2D eigenvalue weighted by Crippen LogP contribution is -2.47. The highest BCUT2D eigenvalue weighted by Crippen LogP contribution is 1.92. The number of likely N-dealkylation sites (N-methyl/N-ethyl adjacent to an activating group) is 1. The van der Waals surface area contributed by atoms with Crippen LogP contribution in [0.25, 0.3) is 0 Å². The smallest absolute Gasteiger partial charge is 0.0167 e. The molecule has 1 aliphatic heterocycles. The summed E-state index contributed by atoms with van der Waals surface area (Å²) in [7, 11) is 2.16. The van der Waals surface area contributed by atoms with Gasteiger partial charge in [0.15, 0.2) is 0 Å². The van der Waals surface area contributed by atoms with Gasteiger partial charge in [-0.15, -0.1) is 0 Å². The van der Waals surface area contributed by atoms with E-state index in [4.69, 9.17) is 0 Å². The Morgan fingerprint density at radius 2 is 1.67 bits per heavy atom. The highest BCUT2D eigenvalue weighted by Gasteiger charge is 2.09. The van der Waals surface area contributed by atoms with E-state index in [1.54, 1.807) is 0 Å². The molecule has 1 saturated heterocycles. The Bertz CT molecular complexity index is 66.2. The van der Waals surface area contributed by atoms with Crippen molar-refractivity contribution in [3.05, 3.63) is 0 Å². The second-order valence-corrected chi connectivity index (χ2v) is 2.62. The van der Waals surface area contributed by atoms with E-state index in [1.807, 2.05) is 27.7 Å². The maximum absolute atomic E-state index is 3.37. The van der Waals surface area contributed by atoms with Crippen LogP contribution in [0.1, 0.15) is 34.6 Å². The lowest BCUT2D eigenvalue weighted by Gasteiger charge is -2.28. The van der Waals surface area contributed by atoms with Gasteiger partial charge in [-0.3, -0.25) is 0 Å². The van der Waals surface area contributed by atoms with Gasteiger partial charge in [-0.05, 0) is 14.0 Å². The molecule has 76 valence electrons. The maximum atomic E-state index is 3.37. The van der Waals surface area contributed by atoms with E-state index in [0.29, 0.717) is 6.04 Å². The van der Waals surface area contributed by atoms with Crippen LogP contribution in [-0.2, 0) is 0 Å². The van der Waals surface area contributed by atoms with Crippen LogP contribution < -0.4 is 5.32 Å². The van der Waals surface area contributed by atoms with Gasteiger partial charge >= 0.3 is 0 Å². The first-order valence-electron chi connectivity index (χ1n) is 5.21. The average Bonchev–Trinajstić information content (AvgIpc) is 2.11. The molecule has 0 amide bonds. The highest BCUT2D eigenvalue weighted by molar-refractivity contribution is 4.71. The van der Waals surface area contributed by atoms with Crippen molar-refractivity contribution in [3.63, 3.8) is 0 Å². The SMILES string of the molecule is CC.CC.CC1CN(C)CCN1. The van der Waals surface area contributed by atoms with Crippen LogP contribution in [0.15, 0.2) is 0 Å². The molecule has 2 heteroatoms. The fourth-order valence-electron chi connectivity index (χ4n) is 1.13. The fourth-order valence-corrected chi connectivity index (χ4v) is 1.13. The summed E-state index contributed by atoms with van der Waals surface area (Å²) in [5.41, 5.74) is 0. The number of nitrogens with one attached hydrogen (secondary N) is 1. The summed E-state index contributed by atoms with van der Waals surface area (Å²) in [4.78, 5) is 2.35. The summed E-state index contributed by atoms with van der Waals surface area (Å²) < 4.78 is 0. The third kappa shape index (κ3) is 8.02. The van der Waals surface area contributed by atoms with Crippen molar-refractivity contribution in [1.29, 1.82) is 0 Å². The molecule has 0 saturated carbocycles. The van der Waals surface area contributed by atoms with Crippen molar-refractivity contribution in [1.82, 2.24) is 10.2 Å². The van der Waals surface area contributed by atoms with Crippen LogP contribution in [0.5, 0.6) is 0 Å². The maximum Gasteiger partial charge on any atom is 0.0167 e. The van der Waals surface area contributed by atoms with E-state index in [2.05, 4.69) is 24.2 Å². The lowest BCUT2D eigenvalue weighted by atomic mass is 10.2. The first kappa shape index (κ1) is 14.4. The quantitative estimate of drug-likeness (QED) is 0.604. The molecule has 1 heterocycles. The number of nitrogens with zero attached hydrogens (tertiary/aromatic N) is 1. The van der Waals surface area contributed by atoms with E-state index in [0.717, 1.165) is 6.54 Å². The van der Waals surface area contributed by atoms with Gasteiger partial charge in [0.1, 0.15) is 0 Å². The zero-order chi connectivity index (χ0) is 9.98. The Morgan fingerprint density at radius 3 is 1.92 bits per heavy atom. The van der Waals surface area contributed by atoms with Crippen molar-refractivity contribution < 1.29 is 0 Å². The third-order valence-corrected chi connectivity index (χ3v) is 1.57. The standard InChI is InChI=1S/C6H14N2.2C2H6/c1-6-5-8(2)4-3-7-6;2*1-2/h6-7H,3-5H2,1-2H3;2*1-2H3. The van der Waals surface area contributed by atoms with Crippen LogP contribution in [-0.4, -0.2) is 37.6 Å². The third-order valence-electron chi connectivity index (χ3n) is 1.57. The van der Waals surface area contributed by atoms with E-state index >= 15 is 0 Å². The second-order valence-electron chi connectivity index (χ2n) is 2.62. The molecule has 1 atom stereocenters. The fraction of sp³-hybridized carbons (Fsp3) is 1.00. The predicted octanol–water partition coefficient (Wildman–Crippen LogP) is 1.96. The normalized spacial score (nSPS) is 23.0. The van der Waals surface area contributed by atoms with Gasteiger partial charge in [-0.25, -0.2) is 0 Å². The molecule has 1 N–H and O–H groups in total. The first-order chi connectivity index (χ1) is 5.79. The van der Waals surface area contributed by atoms with Gasteiger partial charge in [0.25, 0.3) is 0 Å². The Morgan fingerprint density at radius 1 is 1.17 bits per heavy atom.